The fourth-order valence-electron chi connectivity index (χ4n) is 1.47. The molecule has 0 radical (unpaired) electrons. The van der Waals surface area contributed by atoms with Gasteiger partial charge in [0.15, 0.2) is 18.1 Å². The van der Waals surface area contributed by atoms with Crippen LogP contribution in [0.3, 0.4) is 0 Å². The molecule has 0 saturated heterocycles. The van der Waals surface area contributed by atoms with E-state index in [0.717, 1.165) is 6.42 Å². The van der Waals surface area contributed by atoms with Crippen LogP contribution >= 0.6 is 0 Å². The standard InChI is InChI=1S/C12H11NO4/c13-4-7-17-12(14)9-2-3-10-11(8-9)16-6-1-5-15-10/h2-3,8H,1,5-7H2. The SMILES string of the molecule is N#CCOC(=O)c1ccc2c(c1)OCCCO2. The number of rotatable bonds is 2. The van der Waals surface area contributed by atoms with Crippen LogP contribution in [0, 0.1) is 11.3 Å². The zero-order valence-corrected chi connectivity index (χ0v) is 9.14. The van der Waals surface area contributed by atoms with Crippen LogP contribution in [0.15, 0.2) is 18.2 Å². The number of ether oxygens (including phenoxy) is 3. The summed E-state index contributed by atoms with van der Waals surface area (Å²) in [6.45, 7) is 0.905. The molecule has 0 saturated carbocycles. The Hall–Kier alpha value is -2.22. The maximum absolute atomic E-state index is 11.5. The predicted molar refractivity (Wildman–Crippen MR) is 57.9 cm³/mol. The third-order valence-corrected chi connectivity index (χ3v) is 2.25. The molecule has 5 heteroatoms. The van der Waals surface area contributed by atoms with Crippen molar-refractivity contribution in [2.24, 2.45) is 0 Å². The molecule has 1 aliphatic heterocycles. The fourth-order valence-corrected chi connectivity index (χ4v) is 1.47. The molecule has 0 fully saturated rings. The second-order valence-electron chi connectivity index (χ2n) is 3.45. The Kier molecular flexibility index (Phi) is 3.46. The van der Waals surface area contributed by atoms with Gasteiger partial charge in [0.1, 0.15) is 6.07 Å². The number of carbonyl (C=O) groups is 1. The Balaban J connectivity index is 2.18. The first-order valence-electron chi connectivity index (χ1n) is 5.25. The molecular formula is C12H11NO4. The zero-order chi connectivity index (χ0) is 12.1. The van der Waals surface area contributed by atoms with Gasteiger partial charge in [-0.25, -0.2) is 4.79 Å². The molecule has 0 amide bonds. The number of benzene rings is 1. The molecule has 17 heavy (non-hydrogen) atoms. The van der Waals surface area contributed by atoms with Gasteiger partial charge in [-0.3, -0.25) is 0 Å². The Morgan fingerprint density at radius 2 is 2.12 bits per heavy atom. The third kappa shape index (κ3) is 2.67. The molecule has 0 spiro atoms. The molecule has 2 rings (SSSR count). The Labute approximate surface area is 98.5 Å². The summed E-state index contributed by atoms with van der Waals surface area (Å²) in [5.74, 6) is 0.621. The second kappa shape index (κ2) is 5.21. The van der Waals surface area contributed by atoms with Gasteiger partial charge < -0.3 is 14.2 Å². The van der Waals surface area contributed by atoms with Gasteiger partial charge in [0.05, 0.1) is 18.8 Å². The molecule has 88 valence electrons. The van der Waals surface area contributed by atoms with E-state index in [1.54, 1.807) is 24.3 Å². The lowest BCUT2D eigenvalue weighted by molar-refractivity contribution is 0.0554. The number of nitrogens with zero attached hydrogens (tertiary/aromatic N) is 1. The first-order chi connectivity index (χ1) is 8.31. The molecular weight excluding hydrogens is 222 g/mol. The van der Waals surface area contributed by atoms with Crippen molar-refractivity contribution in [2.45, 2.75) is 6.42 Å². The molecule has 0 aliphatic carbocycles. The van der Waals surface area contributed by atoms with Gasteiger partial charge in [0.25, 0.3) is 0 Å². The van der Waals surface area contributed by atoms with Crippen molar-refractivity contribution < 1.29 is 19.0 Å². The quantitative estimate of drug-likeness (QED) is 0.724. The number of hydrogen-bond acceptors (Lipinski definition) is 5. The van der Waals surface area contributed by atoms with E-state index < -0.39 is 5.97 Å². The van der Waals surface area contributed by atoms with Crippen molar-refractivity contribution in [1.82, 2.24) is 0 Å². The van der Waals surface area contributed by atoms with E-state index in [4.69, 9.17) is 19.5 Å². The molecule has 1 aliphatic rings. The summed E-state index contributed by atoms with van der Waals surface area (Å²) in [6.07, 6.45) is 0.808. The highest BCUT2D eigenvalue weighted by Crippen LogP contribution is 2.30. The minimum atomic E-state index is -0.540. The number of hydrogen-bond donors (Lipinski definition) is 0. The van der Waals surface area contributed by atoms with Crippen molar-refractivity contribution in [1.29, 1.82) is 5.26 Å². The van der Waals surface area contributed by atoms with Crippen LogP contribution in [0.1, 0.15) is 16.8 Å². The van der Waals surface area contributed by atoms with E-state index in [2.05, 4.69) is 0 Å². The molecule has 1 heterocycles. The van der Waals surface area contributed by atoms with Crippen molar-refractivity contribution in [3.63, 3.8) is 0 Å². The second-order valence-corrected chi connectivity index (χ2v) is 3.45. The van der Waals surface area contributed by atoms with Gasteiger partial charge in [-0.15, -0.1) is 0 Å². The summed E-state index contributed by atoms with van der Waals surface area (Å²) in [7, 11) is 0. The van der Waals surface area contributed by atoms with Crippen LogP contribution in [0.25, 0.3) is 0 Å². The molecule has 0 aromatic heterocycles. The van der Waals surface area contributed by atoms with Gasteiger partial charge in [-0.1, -0.05) is 0 Å². The Morgan fingerprint density at radius 3 is 2.88 bits per heavy atom. The van der Waals surface area contributed by atoms with Crippen molar-refractivity contribution >= 4 is 5.97 Å². The van der Waals surface area contributed by atoms with E-state index in [0.29, 0.717) is 30.3 Å². The summed E-state index contributed by atoms with van der Waals surface area (Å²) in [6, 6.07) is 6.57. The minimum Gasteiger partial charge on any atom is -0.490 e. The van der Waals surface area contributed by atoms with Crippen LogP contribution in [0.2, 0.25) is 0 Å². The van der Waals surface area contributed by atoms with E-state index in [1.807, 2.05) is 0 Å². The van der Waals surface area contributed by atoms with Crippen molar-refractivity contribution in [3.8, 4) is 17.6 Å². The summed E-state index contributed by atoms with van der Waals surface area (Å²) in [5, 5.41) is 8.32. The van der Waals surface area contributed by atoms with Gasteiger partial charge in [-0.05, 0) is 18.2 Å². The average molecular weight is 233 g/mol. The largest absolute Gasteiger partial charge is 0.490 e. The lowest BCUT2D eigenvalue weighted by atomic mass is 10.2. The van der Waals surface area contributed by atoms with E-state index in [9.17, 15) is 4.79 Å². The molecule has 0 unspecified atom stereocenters. The first-order valence-corrected chi connectivity index (χ1v) is 5.25. The summed E-state index contributed by atoms with van der Waals surface area (Å²) >= 11 is 0. The molecule has 0 atom stereocenters. The normalized spacial score (nSPS) is 13.4. The monoisotopic (exact) mass is 233 g/mol. The van der Waals surface area contributed by atoms with Crippen LogP contribution in [-0.2, 0) is 4.74 Å². The molecule has 0 N–H and O–H groups in total. The van der Waals surface area contributed by atoms with Crippen LogP contribution in [0.5, 0.6) is 11.5 Å². The fraction of sp³-hybridized carbons (Fsp3) is 0.333. The maximum Gasteiger partial charge on any atom is 0.339 e. The molecule has 0 bridgehead atoms. The van der Waals surface area contributed by atoms with Crippen LogP contribution in [0.4, 0.5) is 0 Å². The number of fused-ring (bicyclic) bond motifs is 1. The Morgan fingerprint density at radius 1 is 1.35 bits per heavy atom. The van der Waals surface area contributed by atoms with Gasteiger partial charge in [-0.2, -0.15) is 5.26 Å². The maximum atomic E-state index is 11.5. The van der Waals surface area contributed by atoms with Gasteiger partial charge in [0.2, 0.25) is 0 Å². The van der Waals surface area contributed by atoms with Gasteiger partial charge >= 0.3 is 5.97 Å². The topological polar surface area (TPSA) is 68.5 Å². The number of carbonyl (C=O) groups excluding carboxylic acids is 1. The lowest BCUT2D eigenvalue weighted by Crippen LogP contribution is -2.05. The number of nitriles is 1. The van der Waals surface area contributed by atoms with Crippen LogP contribution < -0.4 is 9.47 Å². The molecule has 5 nitrogen and oxygen atoms in total. The van der Waals surface area contributed by atoms with E-state index >= 15 is 0 Å². The molecule has 1 aromatic carbocycles. The van der Waals surface area contributed by atoms with Gasteiger partial charge in [0, 0.05) is 6.42 Å². The van der Waals surface area contributed by atoms with Crippen LogP contribution in [-0.4, -0.2) is 25.8 Å². The number of esters is 1. The average Bonchev–Trinajstić information content (AvgIpc) is 2.60. The highest BCUT2D eigenvalue weighted by atomic mass is 16.5. The summed E-state index contributed by atoms with van der Waals surface area (Å²) < 4.78 is 15.6. The van der Waals surface area contributed by atoms with Crippen molar-refractivity contribution in [3.05, 3.63) is 23.8 Å². The lowest BCUT2D eigenvalue weighted by Gasteiger charge is -2.08. The van der Waals surface area contributed by atoms with Crippen molar-refractivity contribution in [2.75, 3.05) is 19.8 Å². The summed E-state index contributed by atoms with van der Waals surface area (Å²) in [5.41, 5.74) is 0.351. The summed E-state index contributed by atoms with van der Waals surface area (Å²) in [4.78, 5) is 11.5. The zero-order valence-electron chi connectivity index (χ0n) is 9.14. The highest BCUT2D eigenvalue weighted by molar-refractivity contribution is 5.90. The van der Waals surface area contributed by atoms with E-state index in [1.165, 1.54) is 0 Å². The molecule has 1 aromatic rings. The smallest absolute Gasteiger partial charge is 0.339 e. The predicted octanol–water partition coefficient (Wildman–Crippen LogP) is 1.53. The first kappa shape index (κ1) is 11.3. The highest BCUT2D eigenvalue weighted by Gasteiger charge is 2.14. The Bertz CT molecular complexity index is 464. The van der Waals surface area contributed by atoms with E-state index in [-0.39, 0.29) is 6.61 Å². The minimum absolute atomic E-state index is 0.257. The third-order valence-electron chi connectivity index (χ3n) is 2.25.